The Bertz CT molecular complexity index is 241. The summed E-state index contributed by atoms with van der Waals surface area (Å²) in [7, 11) is 2.14. The van der Waals surface area contributed by atoms with Crippen molar-refractivity contribution in [1.29, 1.82) is 0 Å². The zero-order valence-corrected chi connectivity index (χ0v) is 7.19. The molecule has 3 aliphatic rings. The molecule has 3 aliphatic heterocycles. The van der Waals surface area contributed by atoms with Gasteiger partial charge in [0.2, 0.25) is 0 Å². The average molecular weight is 167 g/mol. The molecule has 12 heavy (non-hydrogen) atoms. The summed E-state index contributed by atoms with van der Waals surface area (Å²) in [6, 6.07) is 1.18. The zero-order chi connectivity index (χ0) is 8.29. The molecule has 3 heteroatoms. The summed E-state index contributed by atoms with van der Waals surface area (Å²) in [6.45, 7) is 0. The van der Waals surface area contributed by atoms with Crippen molar-refractivity contribution >= 4 is 5.97 Å². The van der Waals surface area contributed by atoms with E-state index in [9.17, 15) is 4.79 Å². The van der Waals surface area contributed by atoms with Gasteiger partial charge in [0.05, 0.1) is 0 Å². The van der Waals surface area contributed by atoms with Gasteiger partial charge in [-0.2, -0.15) is 0 Å². The van der Waals surface area contributed by atoms with Crippen LogP contribution in [0, 0.1) is 5.92 Å². The Hall–Kier alpha value is -0.570. The Morgan fingerprint density at radius 3 is 3.08 bits per heavy atom. The number of esters is 1. The van der Waals surface area contributed by atoms with Gasteiger partial charge in [0.1, 0.15) is 12.0 Å². The van der Waals surface area contributed by atoms with Gasteiger partial charge in [-0.1, -0.05) is 0 Å². The second-order valence-corrected chi connectivity index (χ2v) is 4.20. The minimum Gasteiger partial charge on any atom is -0.461 e. The Morgan fingerprint density at radius 1 is 1.50 bits per heavy atom. The highest BCUT2D eigenvalue weighted by Crippen LogP contribution is 2.44. The number of piperidine rings is 1. The first-order valence-electron chi connectivity index (χ1n) is 4.70. The van der Waals surface area contributed by atoms with Crippen LogP contribution in [-0.4, -0.2) is 36.1 Å². The van der Waals surface area contributed by atoms with E-state index < -0.39 is 0 Å². The van der Waals surface area contributed by atoms with Crippen molar-refractivity contribution in [3.05, 3.63) is 0 Å². The monoisotopic (exact) mass is 167 g/mol. The molecule has 0 saturated carbocycles. The molecule has 3 saturated heterocycles. The Balaban J connectivity index is 1.91. The van der Waals surface area contributed by atoms with Crippen LogP contribution in [0.5, 0.6) is 0 Å². The van der Waals surface area contributed by atoms with E-state index in [-0.39, 0.29) is 18.0 Å². The second-order valence-electron chi connectivity index (χ2n) is 4.20. The number of hydrogen-bond acceptors (Lipinski definition) is 3. The fraction of sp³-hybridized carbons (Fsp3) is 0.889. The molecule has 0 amide bonds. The lowest BCUT2D eigenvalue weighted by atomic mass is 9.84. The molecule has 0 aromatic heterocycles. The van der Waals surface area contributed by atoms with Crippen LogP contribution in [0.15, 0.2) is 0 Å². The predicted octanol–water partition coefficient (Wildman–Crippen LogP) is 0.394. The molecular formula is C9H13NO2. The lowest BCUT2D eigenvalue weighted by Gasteiger charge is -2.47. The predicted molar refractivity (Wildman–Crippen MR) is 42.6 cm³/mol. The van der Waals surface area contributed by atoms with Gasteiger partial charge in [-0.3, -0.25) is 9.69 Å². The van der Waals surface area contributed by atoms with E-state index >= 15 is 0 Å². The molecule has 3 heterocycles. The third kappa shape index (κ3) is 0.637. The molecule has 3 fully saturated rings. The van der Waals surface area contributed by atoms with Gasteiger partial charge in [-0.25, -0.2) is 0 Å². The van der Waals surface area contributed by atoms with E-state index in [4.69, 9.17) is 4.74 Å². The number of ether oxygens (including phenoxy) is 1. The van der Waals surface area contributed by atoms with Crippen LogP contribution in [0.3, 0.4) is 0 Å². The van der Waals surface area contributed by atoms with E-state index in [2.05, 4.69) is 11.9 Å². The summed E-state index contributed by atoms with van der Waals surface area (Å²) < 4.78 is 5.11. The number of hydrogen-bond donors (Lipinski definition) is 0. The van der Waals surface area contributed by atoms with E-state index in [1.54, 1.807) is 0 Å². The standard InChI is InChI=1S/C9H13NO2/c1-10-5-2-3-6(10)8-7(4-5)12-9(8)11/h5-8H,2-4H2,1H3/t5-,6+,7-,8+/m0/s1. The largest absolute Gasteiger partial charge is 0.461 e. The van der Waals surface area contributed by atoms with Gasteiger partial charge in [0.15, 0.2) is 0 Å². The second kappa shape index (κ2) is 2.02. The van der Waals surface area contributed by atoms with Crippen molar-refractivity contribution < 1.29 is 9.53 Å². The molecular weight excluding hydrogens is 154 g/mol. The normalized spacial score (nSPS) is 51.2. The van der Waals surface area contributed by atoms with Gasteiger partial charge < -0.3 is 4.74 Å². The van der Waals surface area contributed by atoms with Crippen LogP contribution < -0.4 is 0 Å². The molecule has 4 atom stereocenters. The van der Waals surface area contributed by atoms with Gasteiger partial charge in [-0.15, -0.1) is 0 Å². The van der Waals surface area contributed by atoms with Gasteiger partial charge in [-0.05, 0) is 19.9 Å². The molecule has 0 spiro atoms. The first kappa shape index (κ1) is 6.89. The molecule has 0 N–H and O–H groups in total. The number of carbonyl (C=O) groups is 1. The van der Waals surface area contributed by atoms with Crippen LogP contribution in [0.4, 0.5) is 0 Å². The summed E-state index contributed by atoms with van der Waals surface area (Å²) in [5, 5.41) is 0. The van der Waals surface area contributed by atoms with E-state index in [0.717, 1.165) is 6.42 Å². The van der Waals surface area contributed by atoms with Gasteiger partial charge in [0.25, 0.3) is 0 Å². The number of fused-ring (bicyclic) bond motifs is 4. The van der Waals surface area contributed by atoms with E-state index in [0.29, 0.717) is 12.1 Å². The number of rotatable bonds is 0. The molecule has 0 aliphatic carbocycles. The van der Waals surface area contributed by atoms with Crippen molar-refractivity contribution in [2.45, 2.75) is 37.5 Å². The van der Waals surface area contributed by atoms with Crippen LogP contribution in [0.1, 0.15) is 19.3 Å². The molecule has 66 valence electrons. The number of nitrogens with zero attached hydrogens (tertiary/aromatic N) is 1. The maximum Gasteiger partial charge on any atom is 0.314 e. The van der Waals surface area contributed by atoms with Crippen molar-refractivity contribution in [3.63, 3.8) is 0 Å². The molecule has 0 unspecified atom stereocenters. The topological polar surface area (TPSA) is 29.5 Å². The minimum atomic E-state index is 0.0391. The first-order chi connectivity index (χ1) is 5.77. The fourth-order valence-electron chi connectivity index (χ4n) is 3.01. The van der Waals surface area contributed by atoms with Crippen LogP contribution in [0.25, 0.3) is 0 Å². The summed E-state index contributed by atoms with van der Waals surface area (Å²) in [5.74, 6) is 0.256. The third-order valence-electron chi connectivity index (χ3n) is 3.75. The van der Waals surface area contributed by atoms with Crippen LogP contribution >= 0.6 is 0 Å². The lowest BCUT2D eigenvalue weighted by molar-refractivity contribution is -0.199. The highest BCUT2D eigenvalue weighted by atomic mass is 16.6. The van der Waals surface area contributed by atoms with E-state index in [1.807, 2.05) is 0 Å². The maximum atomic E-state index is 11.1. The molecule has 3 rings (SSSR count). The van der Waals surface area contributed by atoms with Gasteiger partial charge >= 0.3 is 5.97 Å². The molecule has 0 radical (unpaired) electrons. The summed E-state index contributed by atoms with van der Waals surface area (Å²) in [5.41, 5.74) is 0. The minimum absolute atomic E-state index is 0.0391. The first-order valence-corrected chi connectivity index (χ1v) is 4.70. The van der Waals surface area contributed by atoms with Crippen molar-refractivity contribution in [3.8, 4) is 0 Å². The smallest absolute Gasteiger partial charge is 0.314 e. The molecule has 2 bridgehead atoms. The average Bonchev–Trinajstić information content (AvgIpc) is 2.32. The van der Waals surface area contributed by atoms with Crippen molar-refractivity contribution in [1.82, 2.24) is 4.90 Å². The third-order valence-corrected chi connectivity index (χ3v) is 3.75. The molecule has 0 aromatic rings. The maximum absolute atomic E-state index is 11.1. The van der Waals surface area contributed by atoms with Crippen LogP contribution in [0.2, 0.25) is 0 Å². The van der Waals surface area contributed by atoms with Crippen molar-refractivity contribution in [2.24, 2.45) is 5.92 Å². The lowest BCUT2D eigenvalue weighted by Crippen LogP contribution is -2.60. The summed E-state index contributed by atoms with van der Waals surface area (Å²) in [6.07, 6.45) is 3.79. The highest BCUT2D eigenvalue weighted by Gasteiger charge is 2.56. The fourth-order valence-corrected chi connectivity index (χ4v) is 3.01. The number of carbonyl (C=O) groups excluding carboxylic acids is 1. The van der Waals surface area contributed by atoms with Crippen molar-refractivity contribution in [2.75, 3.05) is 7.05 Å². The molecule has 0 aromatic carbocycles. The van der Waals surface area contributed by atoms with E-state index in [1.165, 1.54) is 12.8 Å². The molecule has 3 nitrogen and oxygen atoms in total. The van der Waals surface area contributed by atoms with Crippen LogP contribution in [-0.2, 0) is 9.53 Å². The Kier molecular flexibility index (Phi) is 1.16. The van der Waals surface area contributed by atoms with Gasteiger partial charge in [0, 0.05) is 18.5 Å². The quantitative estimate of drug-likeness (QED) is 0.489. The Morgan fingerprint density at radius 2 is 2.33 bits per heavy atom. The SMILES string of the molecule is CN1[C@H]2CC[C@@H]1[C@H]1C(=O)O[C@H]1C2. The Labute approximate surface area is 71.7 Å². The zero-order valence-electron chi connectivity index (χ0n) is 7.19. The highest BCUT2D eigenvalue weighted by molar-refractivity contribution is 5.79. The summed E-state index contributed by atoms with van der Waals surface area (Å²) in [4.78, 5) is 13.5. The summed E-state index contributed by atoms with van der Waals surface area (Å²) >= 11 is 0.